The van der Waals surface area contributed by atoms with Crippen molar-refractivity contribution in [3.63, 3.8) is 0 Å². The van der Waals surface area contributed by atoms with Crippen LogP contribution < -0.4 is 4.74 Å². The van der Waals surface area contributed by atoms with Gasteiger partial charge in [-0.2, -0.15) is 0 Å². The minimum Gasteiger partial charge on any atom is -0.504 e. The van der Waals surface area contributed by atoms with Gasteiger partial charge >= 0.3 is 5.97 Å². The standard InChI is InChI=1S/C18H28O5/c1-3-5-6-7-8-9-10-11-23-17-13(4-2)12-14(19)16(20)15(17)18(21)22/h12,19-20H,3-11H2,1-2H3,(H,21,22). The fraction of sp³-hybridized carbons (Fsp3) is 0.611. The summed E-state index contributed by atoms with van der Waals surface area (Å²) in [5.41, 5.74) is 0.227. The van der Waals surface area contributed by atoms with Crippen molar-refractivity contribution in [2.24, 2.45) is 0 Å². The summed E-state index contributed by atoms with van der Waals surface area (Å²) in [6.45, 7) is 4.44. The Balaban J connectivity index is 2.62. The van der Waals surface area contributed by atoms with E-state index in [9.17, 15) is 20.1 Å². The van der Waals surface area contributed by atoms with E-state index >= 15 is 0 Å². The highest BCUT2D eigenvalue weighted by atomic mass is 16.5. The Morgan fingerprint density at radius 3 is 2.22 bits per heavy atom. The molecule has 0 aliphatic heterocycles. The molecule has 3 N–H and O–H groups in total. The Hall–Kier alpha value is -1.91. The van der Waals surface area contributed by atoms with Gasteiger partial charge in [0.15, 0.2) is 11.5 Å². The molecule has 0 aliphatic carbocycles. The number of aromatic carboxylic acids is 1. The highest BCUT2D eigenvalue weighted by molar-refractivity contribution is 5.95. The van der Waals surface area contributed by atoms with Crippen LogP contribution in [0.5, 0.6) is 17.2 Å². The fourth-order valence-corrected chi connectivity index (χ4v) is 2.55. The number of unbranched alkanes of at least 4 members (excludes halogenated alkanes) is 6. The van der Waals surface area contributed by atoms with Crippen molar-refractivity contribution in [1.29, 1.82) is 0 Å². The van der Waals surface area contributed by atoms with Crippen molar-refractivity contribution < 1.29 is 24.9 Å². The van der Waals surface area contributed by atoms with Gasteiger partial charge < -0.3 is 20.1 Å². The zero-order chi connectivity index (χ0) is 17.2. The molecule has 0 radical (unpaired) electrons. The SMILES string of the molecule is CCCCCCCCCOc1c(CC)cc(O)c(O)c1C(=O)O. The van der Waals surface area contributed by atoms with Crippen LogP contribution in [0, 0.1) is 0 Å². The molecule has 0 spiro atoms. The second-order valence-corrected chi connectivity index (χ2v) is 5.74. The first-order valence-electron chi connectivity index (χ1n) is 8.46. The number of carbonyl (C=O) groups is 1. The maximum absolute atomic E-state index is 11.3. The molecule has 0 aromatic heterocycles. The van der Waals surface area contributed by atoms with E-state index < -0.39 is 17.5 Å². The maximum Gasteiger partial charge on any atom is 0.343 e. The number of aromatic hydroxyl groups is 2. The topological polar surface area (TPSA) is 87.0 Å². The van der Waals surface area contributed by atoms with Gasteiger partial charge in [-0.25, -0.2) is 4.79 Å². The fourth-order valence-electron chi connectivity index (χ4n) is 2.55. The minimum absolute atomic E-state index is 0.168. The number of ether oxygens (including phenoxy) is 1. The molecule has 0 heterocycles. The number of phenolic OH excluding ortho intramolecular Hbond substituents is 1. The zero-order valence-electron chi connectivity index (χ0n) is 14.1. The lowest BCUT2D eigenvalue weighted by molar-refractivity contribution is 0.0687. The van der Waals surface area contributed by atoms with E-state index in [1.54, 1.807) is 0 Å². The first-order chi connectivity index (χ1) is 11.0. The van der Waals surface area contributed by atoms with Gasteiger partial charge in [-0.1, -0.05) is 52.4 Å². The van der Waals surface area contributed by atoms with E-state index in [-0.39, 0.29) is 11.3 Å². The van der Waals surface area contributed by atoms with Crippen molar-refractivity contribution in [3.8, 4) is 17.2 Å². The average molecular weight is 324 g/mol. The van der Waals surface area contributed by atoms with Crippen LogP contribution >= 0.6 is 0 Å². The molecule has 0 unspecified atom stereocenters. The van der Waals surface area contributed by atoms with E-state index in [2.05, 4.69) is 6.92 Å². The molecule has 1 aromatic carbocycles. The number of carboxylic acid groups (broad SMARTS) is 1. The van der Waals surface area contributed by atoms with Crippen molar-refractivity contribution in [2.75, 3.05) is 6.61 Å². The first kappa shape index (κ1) is 19.1. The van der Waals surface area contributed by atoms with E-state index in [4.69, 9.17) is 4.74 Å². The van der Waals surface area contributed by atoms with Crippen LogP contribution in [0.1, 0.15) is 74.7 Å². The minimum atomic E-state index is -1.30. The maximum atomic E-state index is 11.3. The van der Waals surface area contributed by atoms with Crippen LogP contribution in [0.25, 0.3) is 0 Å². The molecular weight excluding hydrogens is 296 g/mol. The van der Waals surface area contributed by atoms with Crippen molar-refractivity contribution in [1.82, 2.24) is 0 Å². The molecule has 0 aliphatic rings. The molecule has 0 saturated heterocycles. The second-order valence-electron chi connectivity index (χ2n) is 5.74. The number of carboxylic acids is 1. The monoisotopic (exact) mass is 324 g/mol. The molecule has 0 saturated carbocycles. The van der Waals surface area contributed by atoms with Gasteiger partial charge in [0.1, 0.15) is 11.3 Å². The van der Waals surface area contributed by atoms with E-state index in [1.807, 2.05) is 6.92 Å². The lowest BCUT2D eigenvalue weighted by Crippen LogP contribution is -2.08. The van der Waals surface area contributed by atoms with Gasteiger partial charge in [-0.05, 0) is 24.5 Å². The van der Waals surface area contributed by atoms with E-state index in [0.717, 1.165) is 19.3 Å². The summed E-state index contributed by atoms with van der Waals surface area (Å²) in [6, 6.07) is 1.36. The quantitative estimate of drug-likeness (QED) is 0.412. The number of benzene rings is 1. The van der Waals surface area contributed by atoms with Crippen LogP contribution in [0.2, 0.25) is 0 Å². The van der Waals surface area contributed by atoms with Crippen LogP contribution in [0.15, 0.2) is 6.07 Å². The number of aryl methyl sites for hydroxylation is 1. The summed E-state index contributed by atoms with van der Waals surface area (Å²) in [4.78, 5) is 11.3. The van der Waals surface area contributed by atoms with Gasteiger partial charge in [-0.15, -0.1) is 0 Å². The van der Waals surface area contributed by atoms with Crippen LogP contribution in [0.4, 0.5) is 0 Å². The second kappa shape index (κ2) is 9.98. The van der Waals surface area contributed by atoms with Crippen LogP contribution in [0.3, 0.4) is 0 Å². The largest absolute Gasteiger partial charge is 0.504 e. The molecule has 0 bridgehead atoms. The zero-order valence-corrected chi connectivity index (χ0v) is 14.1. The Kier molecular flexibility index (Phi) is 8.30. The molecule has 0 amide bonds. The number of hydrogen-bond donors (Lipinski definition) is 3. The summed E-state index contributed by atoms with van der Waals surface area (Å²) >= 11 is 0. The van der Waals surface area contributed by atoms with Gasteiger partial charge in [0.25, 0.3) is 0 Å². The third kappa shape index (κ3) is 5.66. The summed E-state index contributed by atoms with van der Waals surface area (Å²) in [6.07, 6.45) is 8.52. The van der Waals surface area contributed by atoms with Crippen LogP contribution in [-0.2, 0) is 6.42 Å². The smallest absolute Gasteiger partial charge is 0.343 e. The summed E-state index contributed by atoms with van der Waals surface area (Å²) in [5.74, 6) is -2.20. The molecule has 0 fully saturated rings. The molecule has 1 aromatic rings. The Morgan fingerprint density at radius 1 is 1.04 bits per heavy atom. The van der Waals surface area contributed by atoms with Gasteiger partial charge in [0, 0.05) is 0 Å². The summed E-state index contributed by atoms with van der Waals surface area (Å²) in [7, 11) is 0. The Bertz CT molecular complexity index is 511. The molecule has 1 rings (SSSR count). The third-order valence-electron chi connectivity index (χ3n) is 3.90. The molecule has 5 heteroatoms. The first-order valence-corrected chi connectivity index (χ1v) is 8.46. The highest BCUT2D eigenvalue weighted by Gasteiger charge is 2.23. The van der Waals surface area contributed by atoms with Gasteiger partial charge in [0.05, 0.1) is 6.61 Å². The summed E-state index contributed by atoms with van der Waals surface area (Å²) < 4.78 is 5.63. The predicted molar refractivity (Wildman–Crippen MR) is 89.6 cm³/mol. The number of rotatable bonds is 11. The number of hydrogen-bond acceptors (Lipinski definition) is 4. The van der Waals surface area contributed by atoms with E-state index in [0.29, 0.717) is 18.6 Å². The number of phenols is 2. The molecule has 5 nitrogen and oxygen atoms in total. The highest BCUT2D eigenvalue weighted by Crippen LogP contribution is 2.39. The molecule has 130 valence electrons. The lowest BCUT2D eigenvalue weighted by Gasteiger charge is -2.15. The van der Waals surface area contributed by atoms with Gasteiger partial charge in [0.2, 0.25) is 0 Å². The van der Waals surface area contributed by atoms with Crippen LogP contribution in [-0.4, -0.2) is 27.9 Å². The molecule has 23 heavy (non-hydrogen) atoms. The van der Waals surface area contributed by atoms with Crippen molar-refractivity contribution in [2.45, 2.75) is 65.2 Å². The van der Waals surface area contributed by atoms with Gasteiger partial charge in [-0.3, -0.25) is 0 Å². The normalized spacial score (nSPS) is 10.7. The Labute approximate surface area is 137 Å². The van der Waals surface area contributed by atoms with Crippen molar-refractivity contribution >= 4 is 5.97 Å². The predicted octanol–water partition coefficient (Wildman–Crippen LogP) is 4.49. The average Bonchev–Trinajstić information content (AvgIpc) is 2.52. The lowest BCUT2D eigenvalue weighted by atomic mass is 10.0. The molecule has 0 atom stereocenters. The summed E-state index contributed by atoms with van der Waals surface area (Å²) in [5, 5.41) is 28.7. The van der Waals surface area contributed by atoms with E-state index in [1.165, 1.54) is 31.7 Å². The Morgan fingerprint density at radius 2 is 1.65 bits per heavy atom. The molecular formula is C18H28O5. The third-order valence-corrected chi connectivity index (χ3v) is 3.90. The van der Waals surface area contributed by atoms with Crippen molar-refractivity contribution in [3.05, 3.63) is 17.2 Å².